The summed E-state index contributed by atoms with van der Waals surface area (Å²) in [5, 5.41) is 9.40. The molecule has 2 N–H and O–H groups in total. The molecule has 0 aliphatic rings. The van der Waals surface area contributed by atoms with E-state index in [1.807, 2.05) is 6.07 Å². The number of nitrogens with one attached hydrogen (secondary N) is 2. The van der Waals surface area contributed by atoms with E-state index in [4.69, 9.17) is 0 Å². The molecule has 0 fully saturated rings. The van der Waals surface area contributed by atoms with Crippen LogP contribution in [0.15, 0.2) is 61.2 Å². The van der Waals surface area contributed by atoms with E-state index in [2.05, 4.69) is 25.2 Å². The smallest absolute Gasteiger partial charge is 0.387 e. The quantitative estimate of drug-likeness (QED) is 0.625. The number of H-pyrrole nitrogens is 1. The maximum Gasteiger partial charge on any atom is 0.387 e. The van der Waals surface area contributed by atoms with Gasteiger partial charge in [-0.05, 0) is 35.4 Å². The lowest BCUT2D eigenvalue weighted by atomic mass is 10.0. The SMILES string of the molecule is O=C(/C=C/c1cnccc1-c1cn[nH]c1)NCc1ccc(OC(F)F)cc1. The number of halogens is 2. The Morgan fingerprint density at radius 1 is 1.22 bits per heavy atom. The third-order valence-corrected chi connectivity index (χ3v) is 3.69. The first-order valence-corrected chi connectivity index (χ1v) is 8.04. The number of pyridine rings is 1. The summed E-state index contributed by atoms with van der Waals surface area (Å²) in [7, 11) is 0. The summed E-state index contributed by atoms with van der Waals surface area (Å²) >= 11 is 0. The zero-order valence-electron chi connectivity index (χ0n) is 14.1. The number of alkyl halides is 2. The van der Waals surface area contributed by atoms with E-state index in [0.29, 0.717) is 0 Å². The summed E-state index contributed by atoms with van der Waals surface area (Å²) in [6.45, 7) is -2.60. The van der Waals surface area contributed by atoms with Crippen LogP contribution in [0.25, 0.3) is 17.2 Å². The standard InChI is InChI=1S/C19H16F2N4O2/c20-19(21)27-16-4-1-13(2-5-16)9-23-18(26)6-3-14-10-22-8-7-17(14)15-11-24-25-12-15/h1-8,10-12,19H,9H2,(H,23,26)(H,24,25)/b6-3+. The molecule has 0 atom stereocenters. The van der Waals surface area contributed by atoms with Crippen molar-refractivity contribution in [2.24, 2.45) is 0 Å². The summed E-state index contributed by atoms with van der Waals surface area (Å²) in [6.07, 6.45) is 9.86. The van der Waals surface area contributed by atoms with Crippen LogP contribution in [-0.4, -0.2) is 27.7 Å². The van der Waals surface area contributed by atoms with Gasteiger partial charge in [0.2, 0.25) is 5.91 Å². The van der Waals surface area contributed by atoms with Crippen LogP contribution in [0.3, 0.4) is 0 Å². The van der Waals surface area contributed by atoms with Gasteiger partial charge in [-0.2, -0.15) is 13.9 Å². The third kappa shape index (κ3) is 5.21. The van der Waals surface area contributed by atoms with Crippen molar-refractivity contribution in [2.75, 3.05) is 0 Å². The summed E-state index contributed by atoms with van der Waals surface area (Å²) in [6, 6.07) is 7.91. The number of aromatic amines is 1. The number of carbonyl (C=O) groups is 1. The number of aromatic nitrogens is 3. The molecule has 2 heterocycles. The largest absolute Gasteiger partial charge is 0.435 e. The number of nitrogens with zero attached hydrogens (tertiary/aromatic N) is 2. The maximum atomic E-state index is 12.1. The van der Waals surface area contributed by atoms with Crippen LogP contribution >= 0.6 is 0 Å². The molecule has 6 nitrogen and oxygen atoms in total. The number of ether oxygens (including phenoxy) is 1. The van der Waals surface area contributed by atoms with Crippen LogP contribution in [0.1, 0.15) is 11.1 Å². The minimum Gasteiger partial charge on any atom is -0.435 e. The van der Waals surface area contributed by atoms with Crippen LogP contribution in [-0.2, 0) is 11.3 Å². The summed E-state index contributed by atoms with van der Waals surface area (Å²) in [4.78, 5) is 16.1. The van der Waals surface area contributed by atoms with Gasteiger partial charge in [-0.25, -0.2) is 0 Å². The Morgan fingerprint density at radius 3 is 2.74 bits per heavy atom. The lowest BCUT2D eigenvalue weighted by molar-refractivity contribution is -0.116. The van der Waals surface area contributed by atoms with Gasteiger partial charge < -0.3 is 10.1 Å². The molecule has 0 radical (unpaired) electrons. The highest BCUT2D eigenvalue weighted by Gasteiger charge is 2.06. The second kappa shape index (κ2) is 8.70. The predicted octanol–water partition coefficient (Wildman–Crippen LogP) is 3.40. The highest BCUT2D eigenvalue weighted by atomic mass is 19.3. The second-order valence-corrected chi connectivity index (χ2v) is 5.52. The van der Waals surface area contributed by atoms with Crippen molar-refractivity contribution in [3.05, 3.63) is 72.3 Å². The molecular formula is C19H16F2N4O2. The molecule has 0 aliphatic heterocycles. The van der Waals surface area contributed by atoms with Gasteiger partial charge in [0.15, 0.2) is 0 Å². The average Bonchev–Trinajstić information content (AvgIpc) is 3.20. The highest BCUT2D eigenvalue weighted by Crippen LogP contribution is 2.22. The second-order valence-electron chi connectivity index (χ2n) is 5.52. The van der Waals surface area contributed by atoms with Gasteiger partial charge in [0.25, 0.3) is 0 Å². The summed E-state index contributed by atoms with van der Waals surface area (Å²) < 4.78 is 28.5. The van der Waals surface area contributed by atoms with E-state index < -0.39 is 6.61 Å². The van der Waals surface area contributed by atoms with Gasteiger partial charge in [-0.1, -0.05) is 12.1 Å². The minimum atomic E-state index is -2.86. The van der Waals surface area contributed by atoms with Gasteiger partial charge in [0, 0.05) is 42.3 Å². The molecule has 3 rings (SSSR count). The molecule has 27 heavy (non-hydrogen) atoms. The molecule has 2 aromatic heterocycles. The van der Waals surface area contributed by atoms with E-state index in [1.54, 1.807) is 43.0 Å². The lowest BCUT2D eigenvalue weighted by Crippen LogP contribution is -2.20. The monoisotopic (exact) mass is 370 g/mol. The Balaban J connectivity index is 1.58. The number of rotatable bonds is 7. The molecule has 1 amide bonds. The Hall–Kier alpha value is -3.55. The zero-order valence-corrected chi connectivity index (χ0v) is 14.1. The van der Waals surface area contributed by atoms with Gasteiger partial charge in [0.05, 0.1) is 6.20 Å². The number of hydrogen-bond donors (Lipinski definition) is 2. The number of hydrogen-bond acceptors (Lipinski definition) is 4. The fourth-order valence-electron chi connectivity index (χ4n) is 2.40. The van der Waals surface area contributed by atoms with Crippen molar-refractivity contribution in [2.45, 2.75) is 13.2 Å². The predicted molar refractivity (Wildman–Crippen MR) is 95.8 cm³/mol. The Bertz CT molecular complexity index is 910. The van der Waals surface area contributed by atoms with E-state index in [1.165, 1.54) is 18.2 Å². The van der Waals surface area contributed by atoms with Crippen LogP contribution in [0.2, 0.25) is 0 Å². The molecule has 0 bridgehead atoms. The topological polar surface area (TPSA) is 79.9 Å². The first-order valence-electron chi connectivity index (χ1n) is 8.04. The fraction of sp³-hybridized carbons (Fsp3) is 0.105. The van der Waals surface area contributed by atoms with Gasteiger partial charge >= 0.3 is 6.61 Å². The maximum absolute atomic E-state index is 12.1. The molecule has 3 aromatic rings. The van der Waals surface area contributed by atoms with Gasteiger partial charge in [-0.15, -0.1) is 0 Å². The number of amides is 1. The molecule has 0 saturated heterocycles. The van der Waals surface area contributed by atoms with Crippen molar-refractivity contribution in [3.8, 4) is 16.9 Å². The van der Waals surface area contributed by atoms with E-state index in [9.17, 15) is 13.6 Å². The van der Waals surface area contributed by atoms with E-state index in [0.717, 1.165) is 22.3 Å². The third-order valence-electron chi connectivity index (χ3n) is 3.69. The molecule has 0 saturated carbocycles. The van der Waals surface area contributed by atoms with Crippen molar-refractivity contribution >= 4 is 12.0 Å². The molecule has 8 heteroatoms. The van der Waals surface area contributed by atoms with E-state index >= 15 is 0 Å². The molecule has 1 aromatic carbocycles. The zero-order chi connectivity index (χ0) is 19.1. The Kier molecular flexibility index (Phi) is 5.88. The Morgan fingerprint density at radius 2 is 2.04 bits per heavy atom. The van der Waals surface area contributed by atoms with Crippen LogP contribution in [0.4, 0.5) is 8.78 Å². The van der Waals surface area contributed by atoms with Gasteiger partial charge in [-0.3, -0.25) is 14.9 Å². The molecular weight excluding hydrogens is 354 g/mol. The van der Waals surface area contributed by atoms with Crippen LogP contribution in [0.5, 0.6) is 5.75 Å². The molecule has 0 spiro atoms. The molecule has 138 valence electrons. The molecule has 0 aliphatic carbocycles. The number of carbonyl (C=O) groups excluding carboxylic acids is 1. The van der Waals surface area contributed by atoms with Crippen LogP contribution in [0, 0.1) is 0 Å². The fourth-order valence-corrected chi connectivity index (χ4v) is 2.40. The summed E-state index contributed by atoms with van der Waals surface area (Å²) in [5.74, 6) is -0.215. The van der Waals surface area contributed by atoms with E-state index in [-0.39, 0.29) is 18.2 Å². The molecule has 0 unspecified atom stereocenters. The first-order chi connectivity index (χ1) is 13.1. The van der Waals surface area contributed by atoms with Crippen LogP contribution < -0.4 is 10.1 Å². The normalized spacial score (nSPS) is 11.1. The average molecular weight is 370 g/mol. The number of benzene rings is 1. The van der Waals surface area contributed by atoms with Crippen molar-refractivity contribution in [3.63, 3.8) is 0 Å². The van der Waals surface area contributed by atoms with Crippen molar-refractivity contribution in [1.82, 2.24) is 20.5 Å². The van der Waals surface area contributed by atoms with Crippen molar-refractivity contribution in [1.29, 1.82) is 0 Å². The Labute approximate surface area is 153 Å². The summed E-state index contributed by atoms with van der Waals surface area (Å²) in [5.41, 5.74) is 3.34. The minimum absolute atomic E-state index is 0.0725. The first kappa shape index (κ1) is 18.2. The highest BCUT2D eigenvalue weighted by molar-refractivity contribution is 5.92. The van der Waals surface area contributed by atoms with Crippen molar-refractivity contribution < 1.29 is 18.3 Å². The van der Waals surface area contributed by atoms with Gasteiger partial charge in [0.1, 0.15) is 5.75 Å². The lowest BCUT2D eigenvalue weighted by Gasteiger charge is -2.06.